The quantitative estimate of drug-likeness (QED) is 0.274. The van der Waals surface area contributed by atoms with E-state index in [-0.39, 0.29) is 0 Å². The highest BCUT2D eigenvalue weighted by Gasteiger charge is 2.14. The van der Waals surface area contributed by atoms with Crippen molar-refractivity contribution in [3.8, 4) is 0 Å². The molecule has 1 aromatic rings. The zero-order valence-electron chi connectivity index (χ0n) is 16.2. The second-order valence-electron chi connectivity index (χ2n) is 6.98. The number of hydrogen-bond acceptors (Lipinski definition) is 0. The molecule has 0 saturated carbocycles. The molecule has 0 bridgehead atoms. The fraction of sp³-hybridized carbons (Fsp3) is 0.857. The fourth-order valence-corrected chi connectivity index (χ4v) is 3.40. The summed E-state index contributed by atoms with van der Waals surface area (Å²) in [6.45, 7) is 9.14. The topological polar surface area (TPSA) is 8.81 Å². The van der Waals surface area contributed by atoms with Crippen LogP contribution in [0.5, 0.6) is 0 Å². The molecule has 0 aromatic carbocycles. The van der Waals surface area contributed by atoms with Gasteiger partial charge in [0.05, 0.1) is 13.1 Å². The average molecular weight is 322 g/mol. The summed E-state index contributed by atoms with van der Waals surface area (Å²) in [5.41, 5.74) is 0. The van der Waals surface area contributed by atoms with Crippen molar-refractivity contribution >= 4 is 0 Å². The average Bonchev–Trinajstić information content (AvgIpc) is 2.95. The van der Waals surface area contributed by atoms with E-state index in [4.69, 9.17) is 0 Å². The SMILES string of the molecule is CCCCCCCCCCCc1n(CC)cc[n+]1CCCCC. The molecule has 0 atom stereocenters. The molecule has 0 radical (unpaired) electrons. The molecule has 0 amide bonds. The molecule has 0 aliphatic carbocycles. The van der Waals surface area contributed by atoms with Crippen molar-refractivity contribution in [2.24, 2.45) is 0 Å². The van der Waals surface area contributed by atoms with E-state index in [2.05, 4.69) is 42.3 Å². The van der Waals surface area contributed by atoms with Crippen LogP contribution in [0.15, 0.2) is 12.4 Å². The predicted molar refractivity (Wildman–Crippen MR) is 101 cm³/mol. The Balaban J connectivity index is 2.21. The van der Waals surface area contributed by atoms with E-state index in [9.17, 15) is 0 Å². The molecular weight excluding hydrogens is 280 g/mol. The van der Waals surface area contributed by atoms with E-state index in [0.29, 0.717) is 0 Å². The molecule has 0 aliphatic rings. The first-order valence-corrected chi connectivity index (χ1v) is 10.4. The van der Waals surface area contributed by atoms with Gasteiger partial charge in [-0.15, -0.1) is 0 Å². The van der Waals surface area contributed by atoms with Gasteiger partial charge in [0.2, 0.25) is 0 Å². The molecule has 2 nitrogen and oxygen atoms in total. The summed E-state index contributed by atoms with van der Waals surface area (Å²) in [5, 5.41) is 0. The molecule has 1 aromatic heterocycles. The largest absolute Gasteiger partial charge is 0.256 e. The molecule has 0 N–H and O–H groups in total. The van der Waals surface area contributed by atoms with Gasteiger partial charge in [0.1, 0.15) is 12.4 Å². The Bertz CT molecular complexity index is 381. The molecule has 0 spiro atoms. The van der Waals surface area contributed by atoms with Gasteiger partial charge in [0.25, 0.3) is 5.82 Å². The molecule has 134 valence electrons. The van der Waals surface area contributed by atoms with Crippen LogP contribution in [-0.4, -0.2) is 4.57 Å². The van der Waals surface area contributed by atoms with Gasteiger partial charge in [-0.2, -0.15) is 0 Å². The first-order valence-electron chi connectivity index (χ1n) is 10.4. The Hall–Kier alpha value is -0.790. The zero-order valence-corrected chi connectivity index (χ0v) is 16.2. The number of nitrogens with zero attached hydrogens (tertiary/aromatic N) is 2. The van der Waals surface area contributed by atoms with Crippen LogP contribution in [0, 0.1) is 0 Å². The van der Waals surface area contributed by atoms with E-state index in [1.54, 1.807) is 5.82 Å². The Kier molecular flexibility index (Phi) is 12.0. The maximum absolute atomic E-state index is 2.50. The molecule has 2 heteroatoms. The Morgan fingerprint density at radius 1 is 0.739 bits per heavy atom. The maximum Gasteiger partial charge on any atom is 0.256 e. The van der Waals surface area contributed by atoms with Crippen LogP contribution < -0.4 is 4.57 Å². The lowest BCUT2D eigenvalue weighted by molar-refractivity contribution is -0.704. The Morgan fingerprint density at radius 2 is 1.30 bits per heavy atom. The summed E-state index contributed by atoms with van der Waals surface area (Å²) in [5.74, 6) is 1.55. The van der Waals surface area contributed by atoms with Gasteiger partial charge in [-0.3, -0.25) is 0 Å². The van der Waals surface area contributed by atoms with Gasteiger partial charge in [-0.1, -0.05) is 71.6 Å². The molecule has 1 rings (SSSR count). The van der Waals surface area contributed by atoms with Crippen LogP contribution in [0.25, 0.3) is 0 Å². The normalized spacial score (nSPS) is 11.3. The van der Waals surface area contributed by atoms with E-state index >= 15 is 0 Å². The number of rotatable bonds is 15. The van der Waals surface area contributed by atoms with E-state index in [1.165, 1.54) is 90.0 Å². The first-order chi connectivity index (χ1) is 11.3. The van der Waals surface area contributed by atoms with Crippen LogP contribution >= 0.6 is 0 Å². The zero-order chi connectivity index (χ0) is 16.8. The van der Waals surface area contributed by atoms with Gasteiger partial charge < -0.3 is 0 Å². The lowest BCUT2D eigenvalue weighted by Crippen LogP contribution is -2.37. The molecule has 0 saturated heterocycles. The van der Waals surface area contributed by atoms with Crippen molar-refractivity contribution in [1.82, 2.24) is 4.57 Å². The highest BCUT2D eigenvalue weighted by molar-refractivity contribution is 4.83. The minimum atomic E-state index is 1.10. The van der Waals surface area contributed by atoms with Gasteiger partial charge >= 0.3 is 0 Å². The van der Waals surface area contributed by atoms with Crippen molar-refractivity contribution in [2.45, 2.75) is 117 Å². The second kappa shape index (κ2) is 13.6. The molecular formula is C21H41N2+. The van der Waals surface area contributed by atoms with E-state index in [1.807, 2.05) is 0 Å². The van der Waals surface area contributed by atoms with Crippen molar-refractivity contribution in [1.29, 1.82) is 0 Å². The first kappa shape index (κ1) is 20.3. The standard InChI is InChI=1S/C21H41N2/c1-4-7-9-10-11-12-13-14-15-17-21-22(6-3)19-20-23(21)18-16-8-5-2/h19-20H,4-18H2,1-3H3/q+1. The third kappa shape index (κ3) is 8.58. The number of aryl methyl sites for hydroxylation is 2. The minimum Gasteiger partial charge on any atom is -0.235 e. The minimum absolute atomic E-state index is 1.10. The highest BCUT2D eigenvalue weighted by Crippen LogP contribution is 2.11. The summed E-state index contributed by atoms with van der Waals surface area (Å²) < 4.78 is 4.95. The van der Waals surface area contributed by atoms with Crippen molar-refractivity contribution in [2.75, 3.05) is 0 Å². The summed E-state index contributed by atoms with van der Waals surface area (Å²) >= 11 is 0. The lowest BCUT2D eigenvalue weighted by Gasteiger charge is -2.05. The van der Waals surface area contributed by atoms with Crippen molar-refractivity contribution < 1.29 is 4.57 Å². The van der Waals surface area contributed by atoms with E-state index < -0.39 is 0 Å². The summed E-state index contributed by atoms with van der Waals surface area (Å²) in [6.07, 6.45) is 22.5. The van der Waals surface area contributed by atoms with E-state index in [0.717, 1.165) is 6.54 Å². The van der Waals surface area contributed by atoms with Gasteiger partial charge in [-0.05, 0) is 26.2 Å². The van der Waals surface area contributed by atoms with Crippen molar-refractivity contribution in [3.63, 3.8) is 0 Å². The fourth-order valence-electron chi connectivity index (χ4n) is 3.40. The van der Waals surface area contributed by atoms with Crippen LogP contribution in [0.1, 0.15) is 104 Å². The van der Waals surface area contributed by atoms with Crippen LogP contribution in [0.3, 0.4) is 0 Å². The van der Waals surface area contributed by atoms with Crippen LogP contribution in [-0.2, 0) is 19.5 Å². The molecule has 0 aliphatic heterocycles. The molecule has 0 fully saturated rings. The van der Waals surface area contributed by atoms with Gasteiger partial charge in [0.15, 0.2) is 0 Å². The van der Waals surface area contributed by atoms with Crippen molar-refractivity contribution in [3.05, 3.63) is 18.2 Å². The molecule has 1 heterocycles. The van der Waals surface area contributed by atoms with Crippen LogP contribution in [0.4, 0.5) is 0 Å². The molecule has 0 unspecified atom stereocenters. The number of imidazole rings is 1. The smallest absolute Gasteiger partial charge is 0.235 e. The number of unbranched alkanes of at least 4 members (excludes halogenated alkanes) is 10. The van der Waals surface area contributed by atoms with Gasteiger partial charge in [0, 0.05) is 6.42 Å². The predicted octanol–water partition coefficient (Wildman–Crippen LogP) is 6.06. The van der Waals surface area contributed by atoms with Crippen LogP contribution in [0.2, 0.25) is 0 Å². The number of hydrogen-bond donors (Lipinski definition) is 0. The summed E-state index contributed by atoms with van der Waals surface area (Å²) in [6, 6.07) is 0. The number of aromatic nitrogens is 2. The summed E-state index contributed by atoms with van der Waals surface area (Å²) in [7, 11) is 0. The molecule has 23 heavy (non-hydrogen) atoms. The monoisotopic (exact) mass is 321 g/mol. The lowest BCUT2D eigenvalue weighted by atomic mass is 10.1. The van der Waals surface area contributed by atoms with Gasteiger partial charge in [-0.25, -0.2) is 9.13 Å². The summed E-state index contributed by atoms with van der Waals surface area (Å²) in [4.78, 5) is 0. The second-order valence-corrected chi connectivity index (χ2v) is 6.98. The third-order valence-corrected chi connectivity index (χ3v) is 4.94. The maximum atomic E-state index is 2.50. The Morgan fingerprint density at radius 3 is 1.91 bits per heavy atom. The third-order valence-electron chi connectivity index (χ3n) is 4.94. The highest BCUT2D eigenvalue weighted by atomic mass is 15.1. The Labute approximate surface area is 145 Å².